The Bertz CT molecular complexity index is 1290. The highest BCUT2D eigenvalue weighted by molar-refractivity contribution is 5.75. The molecule has 0 fully saturated rings. The number of rotatable bonds is 5. The Morgan fingerprint density at radius 1 is 1.11 bits per heavy atom. The van der Waals surface area contributed by atoms with Gasteiger partial charge in [0.25, 0.3) is 5.56 Å². The van der Waals surface area contributed by atoms with Crippen molar-refractivity contribution < 1.29 is 4.39 Å². The van der Waals surface area contributed by atoms with Crippen LogP contribution < -0.4 is 11.2 Å². The second-order valence-electron chi connectivity index (χ2n) is 7.09. The first-order valence-electron chi connectivity index (χ1n) is 9.34. The van der Waals surface area contributed by atoms with Crippen LogP contribution >= 0.6 is 0 Å². The van der Waals surface area contributed by atoms with E-state index in [9.17, 15) is 14.0 Å². The normalized spacial score (nSPS) is 11.7. The Balaban J connectivity index is 1.95. The van der Waals surface area contributed by atoms with Gasteiger partial charge >= 0.3 is 5.69 Å². The van der Waals surface area contributed by atoms with E-state index in [-0.39, 0.29) is 12.4 Å². The number of unbranched alkanes of at least 4 members (excludes halogenated alkanes) is 1. The molecule has 0 aliphatic rings. The molecule has 3 heterocycles. The molecule has 28 heavy (non-hydrogen) atoms. The van der Waals surface area contributed by atoms with Crippen molar-refractivity contribution in [2.24, 2.45) is 7.05 Å². The zero-order valence-corrected chi connectivity index (χ0v) is 16.1. The molecule has 0 bridgehead atoms. The van der Waals surface area contributed by atoms with Gasteiger partial charge in [-0.25, -0.2) is 9.18 Å². The molecule has 0 aliphatic heterocycles. The Morgan fingerprint density at radius 3 is 2.50 bits per heavy atom. The van der Waals surface area contributed by atoms with E-state index in [4.69, 9.17) is 0 Å². The number of benzene rings is 1. The first-order valence-corrected chi connectivity index (χ1v) is 9.34. The van der Waals surface area contributed by atoms with Gasteiger partial charge in [0, 0.05) is 25.5 Å². The van der Waals surface area contributed by atoms with Gasteiger partial charge in [0.15, 0.2) is 11.2 Å². The molecule has 146 valence electrons. The van der Waals surface area contributed by atoms with Gasteiger partial charge in [-0.3, -0.25) is 18.3 Å². The van der Waals surface area contributed by atoms with Crippen LogP contribution in [0.25, 0.3) is 16.9 Å². The lowest BCUT2D eigenvalue weighted by atomic mass is 10.2. The number of imidazole rings is 2. The van der Waals surface area contributed by atoms with Gasteiger partial charge in [0.05, 0.1) is 6.54 Å². The smallest absolute Gasteiger partial charge is 0.314 e. The van der Waals surface area contributed by atoms with Gasteiger partial charge in [-0.2, -0.15) is 4.98 Å². The maximum atomic E-state index is 13.2. The molecular formula is C20H22FN5O2. The lowest BCUT2D eigenvalue weighted by Crippen LogP contribution is -2.39. The summed E-state index contributed by atoms with van der Waals surface area (Å²) in [5.41, 5.74) is 1.58. The van der Waals surface area contributed by atoms with Crippen molar-refractivity contribution in [1.82, 2.24) is 23.1 Å². The minimum absolute atomic E-state index is 0.0739. The number of hydrogen-bond acceptors (Lipinski definition) is 3. The van der Waals surface area contributed by atoms with E-state index in [1.165, 1.54) is 21.3 Å². The molecule has 8 heteroatoms. The summed E-state index contributed by atoms with van der Waals surface area (Å²) in [6, 6.07) is 5.78. The van der Waals surface area contributed by atoms with E-state index in [2.05, 4.69) is 16.5 Å². The minimum Gasteiger partial charge on any atom is -0.314 e. The van der Waals surface area contributed by atoms with Crippen LogP contribution in [0.3, 0.4) is 0 Å². The van der Waals surface area contributed by atoms with Gasteiger partial charge in [0.2, 0.25) is 5.78 Å². The van der Waals surface area contributed by atoms with Crippen LogP contribution in [0.15, 0.2) is 40.1 Å². The van der Waals surface area contributed by atoms with Crippen LogP contribution in [0, 0.1) is 12.7 Å². The quantitative estimate of drug-likeness (QED) is 0.532. The summed E-state index contributed by atoms with van der Waals surface area (Å²) < 4.78 is 19.6. The summed E-state index contributed by atoms with van der Waals surface area (Å²) in [4.78, 5) is 30.6. The molecule has 0 amide bonds. The molecular weight excluding hydrogens is 361 g/mol. The summed E-state index contributed by atoms with van der Waals surface area (Å²) >= 11 is 0. The maximum Gasteiger partial charge on any atom is 0.332 e. The Kier molecular flexibility index (Phi) is 4.41. The minimum atomic E-state index is -0.445. The predicted molar refractivity (Wildman–Crippen MR) is 105 cm³/mol. The molecule has 0 unspecified atom stereocenters. The Morgan fingerprint density at radius 2 is 1.82 bits per heavy atom. The predicted octanol–water partition coefficient (Wildman–Crippen LogP) is 2.45. The number of aryl methyl sites for hydroxylation is 3. The van der Waals surface area contributed by atoms with Gasteiger partial charge < -0.3 is 4.57 Å². The van der Waals surface area contributed by atoms with Crippen molar-refractivity contribution in [3.8, 4) is 0 Å². The van der Waals surface area contributed by atoms with Gasteiger partial charge in [0.1, 0.15) is 5.82 Å². The van der Waals surface area contributed by atoms with Crippen LogP contribution in [0.1, 0.15) is 31.0 Å². The SMILES string of the molecule is CCCCn1c(C)cn2c3c(=O)n(Cc4ccc(F)cc4)c(=O)n(C)c3nc12. The first-order chi connectivity index (χ1) is 13.4. The highest BCUT2D eigenvalue weighted by Crippen LogP contribution is 2.17. The average molecular weight is 383 g/mol. The van der Waals surface area contributed by atoms with Crippen LogP contribution in [-0.2, 0) is 20.1 Å². The topological polar surface area (TPSA) is 66.2 Å². The number of halogens is 1. The second-order valence-corrected chi connectivity index (χ2v) is 7.09. The van der Waals surface area contributed by atoms with Crippen molar-refractivity contribution in [3.63, 3.8) is 0 Å². The summed E-state index contributed by atoms with van der Waals surface area (Å²) in [5.74, 6) is 0.299. The zero-order chi connectivity index (χ0) is 20.0. The summed E-state index contributed by atoms with van der Waals surface area (Å²) in [6.45, 7) is 4.98. The van der Waals surface area contributed by atoms with Crippen LogP contribution in [0.4, 0.5) is 4.39 Å². The van der Waals surface area contributed by atoms with Gasteiger partial charge in [-0.05, 0) is 31.0 Å². The molecule has 0 saturated carbocycles. The fourth-order valence-electron chi connectivity index (χ4n) is 3.56. The number of nitrogens with zero attached hydrogens (tertiary/aromatic N) is 5. The van der Waals surface area contributed by atoms with E-state index in [0.717, 1.165) is 25.1 Å². The number of hydrogen-bond donors (Lipinski definition) is 0. The van der Waals surface area contributed by atoms with Gasteiger partial charge in [-0.1, -0.05) is 25.5 Å². The van der Waals surface area contributed by atoms with Crippen LogP contribution in [0.5, 0.6) is 0 Å². The zero-order valence-electron chi connectivity index (χ0n) is 16.1. The lowest BCUT2D eigenvalue weighted by Gasteiger charge is -2.08. The third-order valence-corrected chi connectivity index (χ3v) is 5.13. The molecule has 0 atom stereocenters. The molecule has 7 nitrogen and oxygen atoms in total. The maximum absolute atomic E-state index is 13.2. The summed E-state index contributed by atoms with van der Waals surface area (Å²) in [7, 11) is 1.61. The van der Waals surface area contributed by atoms with E-state index in [1.807, 2.05) is 13.1 Å². The van der Waals surface area contributed by atoms with E-state index in [1.54, 1.807) is 23.6 Å². The molecule has 0 radical (unpaired) electrons. The van der Waals surface area contributed by atoms with Crippen molar-refractivity contribution in [1.29, 1.82) is 0 Å². The summed E-state index contributed by atoms with van der Waals surface area (Å²) in [5, 5.41) is 0. The summed E-state index contributed by atoms with van der Waals surface area (Å²) in [6.07, 6.45) is 3.93. The van der Waals surface area contributed by atoms with Crippen molar-refractivity contribution >= 4 is 16.9 Å². The standard InChI is InChI=1S/C20H22FN5O2/c1-4-5-10-24-13(2)11-25-16-17(22-19(24)25)23(3)20(28)26(18(16)27)12-14-6-8-15(21)9-7-14/h6-9,11H,4-5,10,12H2,1-3H3. The van der Waals surface area contributed by atoms with Crippen LogP contribution in [-0.4, -0.2) is 23.1 Å². The largest absolute Gasteiger partial charge is 0.332 e. The fourth-order valence-corrected chi connectivity index (χ4v) is 3.56. The Hall–Kier alpha value is -3.16. The number of aromatic nitrogens is 5. The molecule has 3 aromatic heterocycles. The third kappa shape index (κ3) is 2.76. The molecule has 0 saturated heterocycles. The van der Waals surface area contributed by atoms with Crippen LogP contribution in [0.2, 0.25) is 0 Å². The molecule has 0 aliphatic carbocycles. The second kappa shape index (κ2) is 6.78. The lowest BCUT2D eigenvalue weighted by molar-refractivity contribution is 0.623. The van der Waals surface area contributed by atoms with Gasteiger partial charge in [-0.15, -0.1) is 0 Å². The monoisotopic (exact) mass is 383 g/mol. The average Bonchev–Trinajstić information content (AvgIpc) is 3.18. The third-order valence-electron chi connectivity index (χ3n) is 5.13. The molecule has 0 N–H and O–H groups in total. The molecule has 0 spiro atoms. The Labute approximate surface area is 160 Å². The number of fused-ring (bicyclic) bond motifs is 3. The molecule has 4 aromatic rings. The van der Waals surface area contributed by atoms with E-state index in [0.29, 0.717) is 22.5 Å². The highest BCUT2D eigenvalue weighted by atomic mass is 19.1. The first kappa shape index (κ1) is 18.2. The van der Waals surface area contributed by atoms with E-state index >= 15 is 0 Å². The highest BCUT2D eigenvalue weighted by Gasteiger charge is 2.20. The van der Waals surface area contributed by atoms with Crippen molar-refractivity contribution in [2.45, 2.75) is 39.8 Å². The molecule has 1 aromatic carbocycles. The van der Waals surface area contributed by atoms with Crippen molar-refractivity contribution in [3.05, 3.63) is 68.4 Å². The van der Waals surface area contributed by atoms with Crippen molar-refractivity contribution in [2.75, 3.05) is 0 Å². The van der Waals surface area contributed by atoms with E-state index < -0.39 is 11.2 Å². The fraction of sp³-hybridized carbons (Fsp3) is 0.350. The molecule has 4 rings (SSSR count).